The molecule has 0 aliphatic heterocycles. The SMILES string of the molecule is Fc1cccc(C2=CC=C(c3cccc(Br)c3)C(c3cccc(Cl)c3)C2(Cc2ccccc2)C(F)(F)F)c1. The van der Waals surface area contributed by atoms with Crippen molar-refractivity contribution in [2.75, 3.05) is 0 Å². The second-order valence-electron chi connectivity index (χ2n) is 9.34. The van der Waals surface area contributed by atoms with Crippen molar-refractivity contribution >= 4 is 38.7 Å². The van der Waals surface area contributed by atoms with Crippen molar-refractivity contribution in [2.45, 2.75) is 18.5 Å². The van der Waals surface area contributed by atoms with Gasteiger partial charge in [0.2, 0.25) is 0 Å². The molecule has 2 unspecified atom stereocenters. The highest BCUT2D eigenvalue weighted by Crippen LogP contribution is 2.63. The zero-order valence-electron chi connectivity index (χ0n) is 20.0. The molecule has 0 amide bonds. The Balaban J connectivity index is 1.89. The highest BCUT2D eigenvalue weighted by atomic mass is 79.9. The van der Waals surface area contributed by atoms with Gasteiger partial charge in [0.05, 0.1) is 0 Å². The first-order valence-electron chi connectivity index (χ1n) is 12.0. The number of rotatable bonds is 5. The summed E-state index contributed by atoms with van der Waals surface area (Å²) in [7, 11) is 0. The second kappa shape index (κ2) is 10.5. The molecule has 1 aliphatic rings. The van der Waals surface area contributed by atoms with Crippen LogP contribution in [0.2, 0.25) is 5.02 Å². The van der Waals surface area contributed by atoms with E-state index in [1.54, 1.807) is 72.8 Å². The molecule has 0 saturated carbocycles. The van der Waals surface area contributed by atoms with Crippen LogP contribution in [0.1, 0.15) is 28.2 Å². The highest BCUT2D eigenvalue weighted by Gasteiger charge is 2.63. The van der Waals surface area contributed by atoms with E-state index < -0.39 is 23.3 Å². The maximum absolute atomic E-state index is 15.9. The van der Waals surface area contributed by atoms with Crippen molar-refractivity contribution in [2.24, 2.45) is 5.41 Å². The third kappa shape index (κ3) is 4.97. The number of benzene rings is 4. The normalized spacial score (nSPS) is 19.6. The predicted octanol–water partition coefficient (Wildman–Crippen LogP) is 10.3. The van der Waals surface area contributed by atoms with E-state index in [1.807, 2.05) is 12.1 Å². The molecule has 0 spiro atoms. The summed E-state index contributed by atoms with van der Waals surface area (Å²) in [5, 5.41) is 0.341. The Kier molecular flexibility index (Phi) is 7.34. The minimum absolute atomic E-state index is 0.0112. The molecule has 2 atom stereocenters. The lowest BCUT2D eigenvalue weighted by molar-refractivity contribution is -0.205. The molecule has 0 nitrogen and oxygen atoms in total. The van der Waals surface area contributed by atoms with Crippen LogP contribution in [0.15, 0.2) is 120 Å². The lowest BCUT2D eigenvalue weighted by Crippen LogP contribution is -2.47. The van der Waals surface area contributed by atoms with Crippen LogP contribution in [-0.4, -0.2) is 6.18 Å². The number of halogens is 6. The van der Waals surface area contributed by atoms with Gasteiger partial charge in [0.25, 0.3) is 0 Å². The van der Waals surface area contributed by atoms with Crippen LogP contribution >= 0.6 is 27.5 Å². The first-order chi connectivity index (χ1) is 18.2. The van der Waals surface area contributed by atoms with E-state index in [-0.39, 0.29) is 17.6 Å². The summed E-state index contributed by atoms with van der Waals surface area (Å²) in [6.07, 6.45) is -1.84. The van der Waals surface area contributed by atoms with E-state index in [0.717, 1.165) is 4.47 Å². The zero-order valence-corrected chi connectivity index (χ0v) is 22.4. The lowest BCUT2D eigenvalue weighted by Gasteiger charge is -2.47. The summed E-state index contributed by atoms with van der Waals surface area (Å²) in [5.74, 6) is -1.76. The summed E-state index contributed by atoms with van der Waals surface area (Å²) < 4.78 is 62.9. The van der Waals surface area contributed by atoms with Crippen molar-refractivity contribution in [1.82, 2.24) is 0 Å². The third-order valence-corrected chi connectivity index (χ3v) is 7.75. The van der Waals surface area contributed by atoms with E-state index in [2.05, 4.69) is 15.9 Å². The standard InChI is InChI=1S/C32H22BrClF4/c33-25-12-4-9-22(17-25)28-15-16-29(23-10-6-14-27(35)19-23)31(32(36,37)38,20-21-7-2-1-3-8-21)30(28)24-11-5-13-26(34)18-24/h1-19,30H,20H2. The fourth-order valence-corrected chi connectivity index (χ4v) is 6.06. The summed E-state index contributed by atoms with van der Waals surface area (Å²) in [6, 6.07) is 27.8. The number of hydrogen-bond acceptors (Lipinski definition) is 0. The van der Waals surface area contributed by atoms with Gasteiger partial charge in [0.1, 0.15) is 11.2 Å². The summed E-state index contributed by atoms with van der Waals surface area (Å²) >= 11 is 9.82. The zero-order chi connectivity index (χ0) is 26.9. The number of hydrogen-bond donors (Lipinski definition) is 0. The average molecular weight is 598 g/mol. The Morgan fingerprint density at radius 1 is 0.763 bits per heavy atom. The molecule has 1 aliphatic carbocycles. The Labute approximate surface area is 232 Å². The van der Waals surface area contributed by atoms with E-state index in [1.165, 1.54) is 30.3 Å². The van der Waals surface area contributed by atoms with Crippen LogP contribution in [0.5, 0.6) is 0 Å². The molecule has 6 heteroatoms. The van der Waals surface area contributed by atoms with E-state index in [0.29, 0.717) is 27.3 Å². The molecule has 192 valence electrons. The molecule has 5 rings (SSSR count). The van der Waals surface area contributed by atoms with Crippen molar-refractivity contribution in [3.63, 3.8) is 0 Å². The van der Waals surface area contributed by atoms with Crippen molar-refractivity contribution in [1.29, 1.82) is 0 Å². The largest absolute Gasteiger partial charge is 0.399 e. The molecule has 0 N–H and O–H groups in total. The van der Waals surface area contributed by atoms with Gasteiger partial charge in [-0.3, -0.25) is 0 Å². The van der Waals surface area contributed by atoms with Crippen molar-refractivity contribution in [3.05, 3.63) is 153 Å². The topological polar surface area (TPSA) is 0 Å². The average Bonchev–Trinajstić information content (AvgIpc) is 2.88. The molecule has 0 bridgehead atoms. The van der Waals surface area contributed by atoms with Gasteiger partial charge in [0.15, 0.2) is 0 Å². The Morgan fingerprint density at radius 2 is 1.47 bits per heavy atom. The maximum Gasteiger partial charge on any atom is 0.399 e. The molecule has 0 fully saturated rings. The van der Waals surface area contributed by atoms with Gasteiger partial charge in [-0.25, -0.2) is 4.39 Å². The van der Waals surface area contributed by atoms with Crippen LogP contribution < -0.4 is 0 Å². The Hall–Kier alpha value is -3.15. The van der Waals surface area contributed by atoms with E-state index >= 15 is 13.2 Å². The predicted molar refractivity (Wildman–Crippen MR) is 149 cm³/mol. The quantitative estimate of drug-likeness (QED) is 0.201. The summed E-state index contributed by atoms with van der Waals surface area (Å²) in [5.41, 5.74) is -0.123. The number of allylic oxidation sites excluding steroid dienone is 4. The van der Waals surface area contributed by atoms with Gasteiger partial charge < -0.3 is 0 Å². The summed E-state index contributed by atoms with van der Waals surface area (Å²) in [6.45, 7) is 0. The van der Waals surface area contributed by atoms with Crippen LogP contribution in [0.25, 0.3) is 11.1 Å². The Morgan fingerprint density at radius 3 is 2.16 bits per heavy atom. The van der Waals surface area contributed by atoms with Gasteiger partial charge in [-0.2, -0.15) is 13.2 Å². The molecule has 4 aromatic carbocycles. The fraction of sp³-hybridized carbons (Fsp3) is 0.125. The second-order valence-corrected chi connectivity index (χ2v) is 10.7. The molecule has 0 radical (unpaired) electrons. The Bertz CT molecular complexity index is 1520. The molecule has 4 aromatic rings. The van der Waals surface area contributed by atoms with Crippen LogP contribution in [0, 0.1) is 11.2 Å². The van der Waals surface area contributed by atoms with Crippen molar-refractivity contribution < 1.29 is 17.6 Å². The van der Waals surface area contributed by atoms with E-state index in [4.69, 9.17) is 11.6 Å². The van der Waals surface area contributed by atoms with Gasteiger partial charge in [-0.05, 0) is 76.2 Å². The molecule has 38 heavy (non-hydrogen) atoms. The molecular formula is C32H22BrClF4. The third-order valence-electron chi connectivity index (χ3n) is 7.02. The molecular weight excluding hydrogens is 576 g/mol. The van der Waals surface area contributed by atoms with E-state index in [9.17, 15) is 4.39 Å². The van der Waals surface area contributed by atoms with Crippen LogP contribution in [0.4, 0.5) is 17.6 Å². The maximum atomic E-state index is 15.9. The lowest BCUT2D eigenvalue weighted by atomic mass is 9.57. The smallest absolute Gasteiger partial charge is 0.207 e. The van der Waals surface area contributed by atoms with Crippen LogP contribution in [-0.2, 0) is 6.42 Å². The first-order valence-corrected chi connectivity index (χ1v) is 13.2. The molecule has 0 heterocycles. The first kappa shape index (κ1) is 26.5. The van der Waals surface area contributed by atoms with Gasteiger partial charge in [0, 0.05) is 15.4 Å². The molecule has 0 aromatic heterocycles. The fourth-order valence-electron chi connectivity index (χ4n) is 5.46. The van der Waals surface area contributed by atoms with Gasteiger partial charge in [-0.1, -0.05) is 106 Å². The minimum Gasteiger partial charge on any atom is -0.207 e. The van der Waals surface area contributed by atoms with Gasteiger partial charge in [-0.15, -0.1) is 0 Å². The van der Waals surface area contributed by atoms with Crippen LogP contribution in [0.3, 0.4) is 0 Å². The highest BCUT2D eigenvalue weighted by molar-refractivity contribution is 9.10. The van der Waals surface area contributed by atoms with Crippen molar-refractivity contribution in [3.8, 4) is 0 Å². The van der Waals surface area contributed by atoms with Gasteiger partial charge >= 0.3 is 6.18 Å². The monoisotopic (exact) mass is 596 g/mol. The minimum atomic E-state index is -4.72. The number of alkyl halides is 3. The molecule has 0 saturated heterocycles. The summed E-state index contributed by atoms with van der Waals surface area (Å²) in [4.78, 5) is 0.